The van der Waals surface area contributed by atoms with E-state index in [0.29, 0.717) is 0 Å². The molecule has 0 aromatic carbocycles. The predicted octanol–water partition coefficient (Wildman–Crippen LogP) is 0.0826. The molecule has 1 heterocycles. The van der Waals surface area contributed by atoms with Gasteiger partial charge in [0, 0.05) is 32.8 Å². The first kappa shape index (κ1) is 15.9. The number of hydrogen-bond donors (Lipinski definition) is 2. The third kappa shape index (κ3) is 4.17. The highest BCUT2D eigenvalue weighted by Crippen LogP contribution is 2.18. The van der Waals surface area contributed by atoms with Crippen LogP contribution in [0.25, 0.3) is 0 Å². The molecular weight excluding hydrogens is 232 g/mol. The van der Waals surface area contributed by atoms with Crippen LogP contribution in [0.2, 0.25) is 0 Å². The SMILES string of the molecule is CNC(C)(CO)CCCN1CC(OC)C(OC)C1. The van der Waals surface area contributed by atoms with E-state index in [1.807, 2.05) is 14.0 Å². The quantitative estimate of drug-likeness (QED) is 0.647. The number of nitrogens with zero attached hydrogens (tertiary/aromatic N) is 1. The monoisotopic (exact) mass is 260 g/mol. The molecule has 3 atom stereocenters. The molecule has 0 aliphatic carbocycles. The third-order valence-corrected chi connectivity index (χ3v) is 4.05. The van der Waals surface area contributed by atoms with Gasteiger partial charge >= 0.3 is 0 Å². The van der Waals surface area contributed by atoms with Gasteiger partial charge in [0.15, 0.2) is 0 Å². The van der Waals surface area contributed by atoms with Crippen LogP contribution in [0.4, 0.5) is 0 Å². The fourth-order valence-corrected chi connectivity index (χ4v) is 2.43. The van der Waals surface area contributed by atoms with E-state index >= 15 is 0 Å². The first-order valence-corrected chi connectivity index (χ1v) is 6.66. The second kappa shape index (κ2) is 7.40. The van der Waals surface area contributed by atoms with Gasteiger partial charge in [-0.15, -0.1) is 0 Å². The number of methoxy groups -OCH3 is 2. The highest BCUT2D eigenvalue weighted by Gasteiger charge is 2.32. The van der Waals surface area contributed by atoms with Crippen LogP contribution in [0.15, 0.2) is 0 Å². The number of likely N-dealkylation sites (tertiary alicyclic amines) is 1. The van der Waals surface area contributed by atoms with E-state index in [4.69, 9.17) is 9.47 Å². The maximum absolute atomic E-state index is 9.32. The number of ether oxygens (including phenoxy) is 2. The van der Waals surface area contributed by atoms with E-state index in [1.54, 1.807) is 14.2 Å². The Morgan fingerprint density at radius 3 is 2.22 bits per heavy atom. The Bertz CT molecular complexity index is 222. The highest BCUT2D eigenvalue weighted by molar-refractivity contribution is 4.87. The number of nitrogens with one attached hydrogen (secondary N) is 1. The van der Waals surface area contributed by atoms with Crippen molar-refractivity contribution in [3.63, 3.8) is 0 Å². The summed E-state index contributed by atoms with van der Waals surface area (Å²) in [5.74, 6) is 0. The third-order valence-electron chi connectivity index (χ3n) is 4.05. The zero-order valence-corrected chi connectivity index (χ0v) is 12.1. The molecule has 3 unspecified atom stereocenters. The van der Waals surface area contributed by atoms with Crippen molar-refractivity contribution in [2.45, 2.75) is 37.5 Å². The van der Waals surface area contributed by atoms with Crippen molar-refractivity contribution in [1.29, 1.82) is 0 Å². The van der Waals surface area contributed by atoms with E-state index in [2.05, 4.69) is 10.2 Å². The predicted molar refractivity (Wildman–Crippen MR) is 71.8 cm³/mol. The second-order valence-electron chi connectivity index (χ2n) is 5.38. The first-order chi connectivity index (χ1) is 8.58. The van der Waals surface area contributed by atoms with Gasteiger partial charge in [-0.05, 0) is 33.4 Å². The lowest BCUT2D eigenvalue weighted by atomic mass is 9.97. The van der Waals surface area contributed by atoms with Crippen LogP contribution in [0.3, 0.4) is 0 Å². The molecule has 0 spiro atoms. The van der Waals surface area contributed by atoms with Gasteiger partial charge in [-0.2, -0.15) is 0 Å². The molecule has 18 heavy (non-hydrogen) atoms. The van der Waals surface area contributed by atoms with Gasteiger partial charge in [0.2, 0.25) is 0 Å². The summed E-state index contributed by atoms with van der Waals surface area (Å²) in [5.41, 5.74) is -0.166. The summed E-state index contributed by atoms with van der Waals surface area (Å²) in [6.45, 7) is 5.11. The fraction of sp³-hybridized carbons (Fsp3) is 1.00. The Morgan fingerprint density at radius 2 is 1.83 bits per heavy atom. The summed E-state index contributed by atoms with van der Waals surface area (Å²) in [7, 11) is 5.38. The number of hydrogen-bond acceptors (Lipinski definition) is 5. The molecule has 0 aromatic rings. The Balaban J connectivity index is 2.29. The van der Waals surface area contributed by atoms with E-state index in [9.17, 15) is 5.11 Å². The van der Waals surface area contributed by atoms with Crippen LogP contribution in [-0.4, -0.2) is 75.3 Å². The lowest BCUT2D eigenvalue weighted by molar-refractivity contribution is -0.00461. The molecule has 5 nitrogen and oxygen atoms in total. The van der Waals surface area contributed by atoms with Crippen molar-refractivity contribution in [3.8, 4) is 0 Å². The standard InChI is InChI=1S/C13H28N2O3/c1-13(10-16,14-2)6-5-7-15-8-11(17-3)12(9-15)18-4/h11-12,14,16H,5-10H2,1-4H3. The number of rotatable bonds is 8. The minimum atomic E-state index is -0.166. The Kier molecular flexibility index (Phi) is 6.52. The maximum Gasteiger partial charge on any atom is 0.0971 e. The average Bonchev–Trinajstić information content (AvgIpc) is 2.80. The van der Waals surface area contributed by atoms with Gasteiger partial charge in [0.25, 0.3) is 0 Å². The van der Waals surface area contributed by atoms with E-state index in [0.717, 1.165) is 32.5 Å². The largest absolute Gasteiger partial charge is 0.394 e. The first-order valence-electron chi connectivity index (χ1n) is 6.66. The zero-order chi connectivity index (χ0) is 13.6. The smallest absolute Gasteiger partial charge is 0.0971 e. The molecule has 1 aliphatic heterocycles. The normalized spacial score (nSPS) is 28.5. The minimum Gasteiger partial charge on any atom is -0.394 e. The van der Waals surface area contributed by atoms with E-state index < -0.39 is 0 Å². The molecular formula is C13H28N2O3. The number of aliphatic hydroxyl groups excluding tert-OH is 1. The van der Waals surface area contributed by atoms with Crippen LogP contribution in [-0.2, 0) is 9.47 Å². The van der Waals surface area contributed by atoms with E-state index in [1.165, 1.54) is 0 Å². The number of aliphatic hydroxyl groups is 1. The lowest BCUT2D eigenvalue weighted by Crippen LogP contribution is -2.43. The summed E-state index contributed by atoms with van der Waals surface area (Å²) < 4.78 is 10.8. The van der Waals surface area contributed by atoms with Crippen molar-refractivity contribution >= 4 is 0 Å². The molecule has 1 saturated heterocycles. The Morgan fingerprint density at radius 1 is 1.28 bits per heavy atom. The van der Waals surface area contributed by atoms with Crippen LogP contribution in [0.1, 0.15) is 19.8 Å². The molecule has 108 valence electrons. The maximum atomic E-state index is 9.32. The molecule has 1 rings (SSSR count). The van der Waals surface area contributed by atoms with Crippen LogP contribution < -0.4 is 5.32 Å². The molecule has 0 radical (unpaired) electrons. The molecule has 0 saturated carbocycles. The molecule has 2 N–H and O–H groups in total. The van der Waals surface area contributed by atoms with Crippen molar-refractivity contribution in [1.82, 2.24) is 10.2 Å². The zero-order valence-electron chi connectivity index (χ0n) is 12.1. The van der Waals surface area contributed by atoms with Gasteiger partial charge in [-0.25, -0.2) is 0 Å². The van der Waals surface area contributed by atoms with Gasteiger partial charge in [-0.3, -0.25) is 4.90 Å². The summed E-state index contributed by atoms with van der Waals surface area (Å²) >= 11 is 0. The average molecular weight is 260 g/mol. The minimum absolute atomic E-state index is 0.166. The summed E-state index contributed by atoms with van der Waals surface area (Å²) in [5, 5.41) is 12.5. The Labute approximate surface area is 110 Å². The van der Waals surface area contributed by atoms with Crippen LogP contribution >= 0.6 is 0 Å². The second-order valence-corrected chi connectivity index (χ2v) is 5.38. The van der Waals surface area contributed by atoms with Crippen molar-refractivity contribution < 1.29 is 14.6 Å². The van der Waals surface area contributed by atoms with Crippen LogP contribution in [0, 0.1) is 0 Å². The summed E-state index contributed by atoms with van der Waals surface area (Å²) in [4.78, 5) is 2.37. The summed E-state index contributed by atoms with van der Waals surface area (Å²) in [6, 6.07) is 0. The molecule has 1 aliphatic rings. The fourth-order valence-electron chi connectivity index (χ4n) is 2.43. The summed E-state index contributed by atoms with van der Waals surface area (Å²) in [6.07, 6.45) is 2.39. The van der Waals surface area contributed by atoms with Crippen LogP contribution in [0.5, 0.6) is 0 Å². The molecule has 1 fully saturated rings. The van der Waals surface area contributed by atoms with Gasteiger partial charge < -0.3 is 19.9 Å². The Hall–Kier alpha value is -0.200. The molecule has 0 bridgehead atoms. The van der Waals surface area contributed by atoms with Gasteiger partial charge in [0.05, 0.1) is 18.8 Å². The number of likely N-dealkylation sites (N-methyl/N-ethyl adjacent to an activating group) is 1. The van der Waals surface area contributed by atoms with Crippen molar-refractivity contribution in [2.75, 3.05) is 47.5 Å². The lowest BCUT2D eigenvalue weighted by Gasteiger charge is -2.27. The molecule has 0 amide bonds. The molecule has 5 heteroatoms. The van der Waals surface area contributed by atoms with Crippen molar-refractivity contribution in [3.05, 3.63) is 0 Å². The van der Waals surface area contributed by atoms with E-state index in [-0.39, 0.29) is 24.4 Å². The van der Waals surface area contributed by atoms with Gasteiger partial charge in [-0.1, -0.05) is 0 Å². The highest BCUT2D eigenvalue weighted by atomic mass is 16.5. The van der Waals surface area contributed by atoms with Gasteiger partial charge in [0.1, 0.15) is 0 Å². The topological polar surface area (TPSA) is 54.0 Å². The molecule has 0 aromatic heterocycles. The van der Waals surface area contributed by atoms with Crippen molar-refractivity contribution in [2.24, 2.45) is 0 Å².